The Bertz CT molecular complexity index is 1300. The molecule has 3 saturated heterocycles. The van der Waals surface area contributed by atoms with Crippen LogP contribution in [0.2, 0.25) is 0 Å². The number of aliphatic hydroxyl groups excluding tert-OH is 2. The maximum Gasteiger partial charge on any atom is 0.311 e. The third-order valence-electron chi connectivity index (χ3n) is 12.5. The van der Waals surface area contributed by atoms with Gasteiger partial charge < -0.3 is 35.9 Å². The van der Waals surface area contributed by atoms with Crippen molar-refractivity contribution < 1.29 is 19.7 Å². The van der Waals surface area contributed by atoms with Crippen molar-refractivity contribution in [1.82, 2.24) is 20.9 Å². The van der Waals surface area contributed by atoms with Crippen molar-refractivity contribution in [3.8, 4) is 0 Å². The molecule has 0 radical (unpaired) electrons. The van der Waals surface area contributed by atoms with Crippen LogP contribution in [0.1, 0.15) is 83.3 Å². The van der Waals surface area contributed by atoms with E-state index in [1.54, 1.807) is 6.92 Å². The highest BCUT2D eigenvalue weighted by Gasteiger charge is 2.63. The van der Waals surface area contributed by atoms with Crippen molar-refractivity contribution in [2.75, 3.05) is 7.11 Å². The highest BCUT2D eigenvalue weighted by molar-refractivity contribution is 5.74. The lowest BCUT2D eigenvalue weighted by Gasteiger charge is -2.34. The van der Waals surface area contributed by atoms with Crippen LogP contribution < -0.4 is 16.0 Å². The van der Waals surface area contributed by atoms with Gasteiger partial charge in [-0.2, -0.15) is 0 Å². The molecule has 13 atom stereocenters. The topological polar surface area (TPSA) is 119 Å². The van der Waals surface area contributed by atoms with Gasteiger partial charge in [0.1, 0.15) is 0 Å². The summed E-state index contributed by atoms with van der Waals surface area (Å²) in [5.74, 6) is 0.650. The number of hydrogen-bond acceptors (Lipinski definition) is 7. The largest absolute Gasteiger partial charge is 0.512 e. The fraction of sp³-hybridized carbons (Fsp3) is 0.743. The molecule has 5 heterocycles. The minimum atomic E-state index is -0.735. The van der Waals surface area contributed by atoms with Gasteiger partial charge in [0.25, 0.3) is 0 Å². The van der Waals surface area contributed by atoms with Gasteiger partial charge in [-0.25, -0.2) is 0 Å². The quantitative estimate of drug-likeness (QED) is 0.226. The van der Waals surface area contributed by atoms with E-state index in [0.717, 1.165) is 49.1 Å². The lowest BCUT2D eigenvalue weighted by Crippen LogP contribution is -2.51. The molecule has 1 aromatic heterocycles. The first-order valence-corrected chi connectivity index (χ1v) is 16.9. The molecule has 6 rings (SSSR count). The summed E-state index contributed by atoms with van der Waals surface area (Å²) in [6, 6.07) is 0.753. The number of hydrogen-bond donors (Lipinski definition) is 6. The summed E-state index contributed by atoms with van der Waals surface area (Å²) in [6.07, 6.45) is 6.33. The third-order valence-corrected chi connectivity index (χ3v) is 12.5. The normalized spacial score (nSPS) is 43.0. The van der Waals surface area contributed by atoms with Gasteiger partial charge in [-0.15, -0.1) is 0 Å². The molecule has 5 aliphatic rings. The van der Waals surface area contributed by atoms with Gasteiger partial charge in [0, 0.05) is 77.0 Å². The summed E-state index contributed by atoms with van der Waals surface area (Å²) in [4.78, 5) is 17.2. The van der Waals surface area contributed by atoms with Gasteiger partial charge in [0.2, 0.25) is 0 Å². The molecule has 11 unspecified atom stereocenters. The fourth-order valence-electron chi connectivity index (χ4n) is 10.3. The number of allylic oxidation sites excluding steroid dienone is 2. The average molecular weight is 595 g/mol. The Kier molecular flexibility index (Phi) is 8.27. The molecule has 8 bridgehead atoms. The van der Waals surface area contributed by atoms with E-state index < -0.39 is 12.0 Å². The maximum atomic E-state index is 13.4. The molecule has 0 aromatic carbocycles. The smallest absolute Gasteiger partial charge is 0.311 e. The van der Waals surface area contributed by atoms with E-state index in [9.17, 15) is 15.0 Å². The number of ether oxygens (including phenoxy) is 1. The van der Waals surface area contributed by atoms with Crippen LogP contribution in [-0.4, -0.2) is 64.6 Å². The second-order valence-corrected chi connectivity index (χ2v) is 14.5. The van der Waals surface area contributed by atoms with Gasteiger partial charge in [0.05, 0.1) is 24.9 Å². The fourth-order valence-corrected chi connectivity index (χ4v) is 10.3. The molecular weight excluding hydrogens is 540 g/mol. The molecule has 4 fully saturated rings. The number of carbonyl (C=O) groups excluding carboxylic acids is 1. The lowest BCUT2D eigenvalue weighted by molar-refractivity contribution is -0.151. The number of H-pyrrole nitrogens is 1. The van der Waals surface area contributed by atoms with Gasteiger partial charge in [-0.3, -0.25) is 4.79 Å². The number of fused-ring (bicyclic) bond motifs is 8. The van der Waals surface area contributed by atoms with E-state index in [4.69, 9.17) is 4.74 Å². The van der Waals surface area contributed by atoms with E-state index in [1.165, 1.54) is 23.9 Å². The molecule has 1 aromatic rings. The predicted octanol–water partition coefficient (Wildman–Crippen LogP) is 4.38. The first-order valence-electron chi connectivity index (χ1n) is 16.9. The zero-order valence-electron chi connectivity index (χ0n) is 27.3. The molecule has 8 nitrogen and oxygen atoms in total. The SMILES string of the molecule is CCC[C@@H]1C2NC(CC3NC(=Cc4[nH]c(c(CC)c4C)CC4NC5C(C4C)C(O)C(C(=O)OC)C52)C(=C(C)O)C3C)[C@H]1C. The zero-order chi connectivity index (χ0) is 30.9. The Hall–Kier alpha value is -2.29. The van der Waals surface area contributed by atoms with Crippen molar-refractivity contribution in [3.63, 3.8) is 0 Å². The molecule has 8 heteroatoms. The number of carbonyl (C=O) groups is 1. The number of rotatable bonds is 4. The number of aromatic amines is 1. The zero-order valence-corrected chi connectivity index (χ0v) is 27.3. The third kappa shape index (κ3) is 4.78. The summed E-state index contributed by atoms with van der Waals surface area (Å²) in [5, 5.41) is 34.7. The van der Waals surface area contributed by atoms with Crippen molar-refractivity contribution in [1.29, 1.82) is 0 Å². The van der Waals surface area contributed by atoms with Crippen LogP contribution in [0.15, 0.2) is 17.0 Å². The summed E-state index contributed by atoms with van der Waals surface area (Å²) in [7, 11) is 1.46. The minimum Gasteiger partial charge on any atom is -0.512 e. The Morgan fingerprint density at radius 2 is 1.77 bits per heavy atom. The summed E-state index contributed by atoms with van der Waals surface area (Å²) in [6.45, 7) is 15.3. The molecule has 1 aliphatic carbocycles. The number of aromatic nitrogens is 1. The first kappa shape index (κ1) is 30.7. The summed E-state index contributed by atoms with van der Waals surface area (Å²) >= 11 is 0. The van der Waals surface area contributed by atoms with Gasteiger partial charge in [-0.1, -0.05) is 41.0 Å². The number of nitrogens with one attached hydrogen (secondary N) is 4. The molecular formula is C35H54N4O4. The van der Waals surface area contributed by atoms with Crippen molar-refractivity contribution in [2.24, 2.45) is 41.4 Å². The van der Waals surface area contributed by atoms with Crippen LogP contribution in [0, 0.1) is 48.3 Å². The molecule has 6 N–H and O–H groups in total. The highest BCUT2D eigenvalue weighted by atomic mass is 16.5. The Morgan fingerprint density at radius 3 is 2.42 bits per heavy atom. The predicted molar refractivity (Wildman–Crippen MR) is 169 cm³/mol. The van der Waals surface area contributed by atoms with Crippen molar-refractivity contribution >= 4 is 12.0 Å². The van der Waals surface area contributed by atoms with E-state index in [0.29, 0.717) is 17.6 Å². The van der Waals surface area contributed by atoms with Crippen LogP contribution in [0.3, 0.4) is 0 Å². The van der Waals surface area contributed by atoms with Crippen LogP contribution >= 0.6 is 0 Å². The molecule has 4 aliphatic heterocycles. The van der Waals surface area contributed by atoms with Crippen LogP contribution in [0.4, 0.5) is 0 Å². The Morgan fingerprint density at radius 1 is 1.05 bits per heavy atom. The van der Waals surface area contributed by atoms with Crippen molar-refractivity contribution in [3.05, 3.63) is 39.5 Å². The number of esters is 1. The lowest BCUT2D eigenvalue weighted by atomic mass is 9.75. The van der Waals surface area contributed by atoms with E-state index in [-0.39, 0.29) is 59.9 Å². The summed E-state index contributed by atoms with van der Waals surface area (Å²) < 4.78 is 5.37. The number of methoxy groups -OCH3 is 1. The van der Waals surface area contributed by atoms with Crippen LogP contribution in [0.5, 0.6) is 0 Å². The second-order valence-electron chi connectivity index (χ2n) is 14.5. The van der Waals surface area contributed by atoms with Gasteiger partial charge in [-0.05, 0) is 68.1 Å². The minimum absolute atomic E-state index is 0.00568. The molecule has 1 saturated carbocycles. The average Bonchev–Trinajstić information content (AvgIpc) is 3.70. The van der Waals surface area contributed by atoms with E-state index in [1.807, 2.05) is 0 Å². The van der Waals surface area contributed by atoms with Gasteiger partial charge >= 0.3 is 5.97 Å². The molecule has 0 spiro atoms. The summed E-state index contributed by atoms with van der Waals surface area (Å²) in [5.41, 5.74) is 6.95. The Labute approximate surface area is 257 Å². The maximum absolute atomic E-state index is 13.4. The molecule has 43 heavy (non-hydrogen) atoms. The van der Waals surface area contributed by atoms with E-state index in [2.05, 4.69) is 68.6 Å². The molecule has 238 valence electrons. The van der Waals surface area contributed by atoms with E-state index >= 15 is 0 Å². The monoisotopic (exact) mass is 594 g/mol. The first-order chi connectivity index (χ1) is 20.5. The Balaban J connectivity index is 1.49. The standard InChI is InChI=1S/C35H54N4O4/c1-9-11-21-16(4)23-12-24-17(5)28(19(7)40)27(37-24)14-22-15(3)20(10-2)26(36-22)13-25-18(6)29-33(39-25)30(32(21)38-23)31(34(29)41)35(42)43-8/h14,16-18,21,23-25,29-34,36-41H,9-13H2,1-8H3/t16-,17?,18?,21-,23?,24?,25?,29?,30?,31?,32?,33?,34?/m0/s1. The van der Waals surface area contributed by atoms with Crippen LogP contribution in [0.25, 0.3) is 6.08 Å². The molecule has 0 amide bonds. The van der Waals surface area contributed by atoms with Gasteiger partial charge in [0.15, 0.2) is 0 Å². The second kappa shape index (κ2) is 11.6. The van der Waals surface area contributed by atoms with Crippen molar-refractivity contribution in [2.45, 2.75) is 117 Å². The van der Waals surface area contributed by atoms with Crippen LogP contribution in [-0.2, 0) is 22.4 Å². The highest BCUT2D eigenvalue weighted by Crippen LogP contribution is 2.52. The number of aliphatic hydroxyl groups is 2.